The van der Waals surface area contributed by atoms with Crippen LogP contribution in [0.1, 0.15) is 32.6 Å². The topological polar surface area (TPSA) is 98.3 Å². The summed E-state index contributed by atoms with van der Waals surface area (Å²) in [7, 11) is 0. The molecule has 0 radical (unpaired) electrons. The van der Waals surface area contributed by atoms with E-state index in [4.69, 9.17) is 15.3 Å². The molecule has 7 heteroatoms. The van der Waals surface area contributed by atoms with Gasteiger partial charge in [-0.25, -0.2) is 0 Å². The molecule has 124 valence electrons. The molecule has 1 rings (SSSR count). The number of carbonyl (C=O) groups excluding carboxylic acids is 1. The first-order valence-electron chi connectivity index (χ1n) is 7.57. The molecule has 7 nitrogen and oxygen atoms in total. The van der Waals surface area contributed by atoms with E-state index in [0.29, 0.717) is 24.4 Å². The number of hydrogen-bond donors (Lipinski definition) is 2. The lowest BCUT2D eigenvalue weighted by Gasteiger charge is -2.22. The highest BCUT2D eigenvalue weighted by Gasteiger charge is 2.14. The van der Waals surface area contributed by atoms with Crippen LogP contribution < -0.4 is 11.2 Å². The van der Waals surface area contributed by atoms with Crippen molar-refractivity contribution in [1.82, 2.24) is 5.32 Å². The number of carbonyl (C=O) groups is 1. The van der Waals surface area contributed by atoms with Crippen molar-refractivity contribution < 1.29 is 14.3 Å². The molecule has 0 spiro atoms. The van der Waals surface area contributed by atoms with Crippen molar-refractivity contribution in [2.75, 3.05) is 26.3 Å². The predicted octanol–water partition coefficient (Wildman–Crippen LogP) is 0.997. The zero-order chi connectivity index (χ0) is 16.2. The Labute approximate surface area is 131 Å². The van der Waals surface area contributed by atoms with Crippen LogP contribution in [0, 0.1) is 0 Å². The Balaban J connectivity index is 2.14. The van der Waals surface area contributed by atoms with Crippen LogP contribution in [0.5, 0.6) is 0 Å². The van der Waals surface area contributed by atoms with Crippen molar-refractivity contribution in [2.45, 2.75) is 38.9 Å². The first-order valence-corrected chi connectivity index (χ1v) is 7.57. The van der Waals surface area contributed by atoms with Crippen LogP contribution >= 0.6 is 0 Å². The summed E-state index contributed by atoms with van der Waals surface area (Å²) in [5.74, 6) is 5.18. The van der Waals surface area contributed by atoms with E-state index < -0.39 is 0 Å². The normalized spacial score (nSPS) is 19.3. The van der Waals surface area contributed by atoms with Gasteiger partial charge in [0.1, 0.15) is 5.71 Å². The molecule has 1 fully saturated rings. The Morgan fingerprint density at radius 2 is 2.36 bits per heavy atom. The molecule has 22 heavy (non-hydrogen) atoms. The van der Waals surface area contributed by atoms with Gasteiger partial charge in [-0.2, -0.15) is 5.10 Å². The molecule has 1 aliphatic heterocycles. The van der Waals surface area contributed by atoms with E-state index in [0.717, 1.165) is 32.3 Å². The van der Waals surface area contributed by atoms with E-state index in [2.05, 4.69) is 22.0 Å². The molecule has 1 aliphatic rings. The summed E-state index contributed by atoms with van der Waals surface area (Å²) in [5, 5.41) is 6.39. The average Bonchev–Trinajstić information content (AvgIpc) is 2.54. The van der Waals surface area contributed by atoms with Gasteiger partial charge in [0.05, 0.1) is 6.61 Å². The molecule has 0 bridgehead atoms. The second-order valence-electron chi connectivity index (χ2n) is 5.15. The van der Waals surface area contributed by atoms with Crippen LogP contribution in [0.15, 0.2) is 22.2 Å². The van der Waals surface area contributed by atoms with Crippen LogP contribution in [-0.4, -0.2) is 50.4 Å². The largest absolute Gasteiger partial charge is 0.353 e. The third-order valence-corrected chi connectivity index (χ3v) is 3.10. The van der Waals surface area contributed by atoms with E-state index in [1.165, 1.54) is 0 Å². The van der Waals surface area contributed by atoms with Crippen molar-refractivity contribution in [3.63, 3.8) is 0 Å². The number of ether oxygens (including phenoxy) is 2. The minimum Gasteiger partial charge on any atom is -0.353 e. The van der Waals surface area contributed by atoms with Crippen molar-refractivity contribution in [3.8, 4) is 0 Å². The minimum atomic E-state index is -0.170. The summed E-state index contributed by atoms with van der Waals surface area (Å²) in [4.78, 5) is 15.5. The maximum absolute atomic E-state index is 11.3. The second kappa shape index (κ2) is 10.9. The van der Waals surface area contributed by atoms with Gasteiger partial charge in [-0.05, 0) is 32.6 Å². The van der Waals surface area contributed by atoms with Crippen LogP contribution in [0.25, 0.3) is 0 Å². The zero-order valence-electron chi connectivity index (χ0n) is 13.2. The summed E-state index contributed by atoms with van der Waals surface area (Å²) >= 11 is 0. The number of amides is 1. The standard InChI is InChI=1S/C15H26N4O3/c1-12(2)15(20)18-8-5-7-17-10-13(19-16)11-22-14-6-3-4-9-21-14/h10,14H,1,3-9,11,16H2,2H3,(H,18,20). The van der Waals surface area contributed by atoms with E-state index in [1.54, 1.807) is 13.1 Å². The Kier molecular flexibility index (Phi) is 9.09. The molecule has 3 N–H and O–H groups in total. The van der Waals surface area contributed by atoms with Gasteiger partial charge < -0.3 is 20.6 Å². The van der Waals surface area contributed by atoms with Crippen LogP contribution in [0.4, 0.5) is 0 Å². The van der Waals surface area contributed by atoms with Crippen molar-refractivity contribution in [3.05, 3.63) is 12.2 Å². The first kappa shape index (κ1) is 18.3. The smallest absolute Gasteiger partial charge is 0.246 e. The zero-order valence-corrected chi connectivity index (χ0v) is 13.2. The van der Waals surface area contributed by atoms with Gasteiger partial charge >= 0.3 is 0 Å². The highest BCUT2D eigenvalue weighted by molar-refractivity contribution is 6.31. The lowest BCUT2D eigenvalue weighted by molar-refractivity contribution is -0.152. The van der Waals surface area contributed by atoms with Crippen LogP contribution in [0.2, 0.25) is 0 Å². The molecular weight excluding hydrogens is 284 g/mol. The lowest BCUT2D eigenvalue weighted by atomic mass is 10.2. The van der Waals surface area contributed by atoms with Gasteiger partial charge in [-0.15, -0.1) is 0 Å². The van der Waals surface area contributed by atoms with Crippen molar-refractivity contribution in [1.29, 1.82) is 0 Å². The number of aliphatic imine (C=N–C) groups is 1. The molecule has 0 aliphatic carbocycles. The molecule has 0 aromatic rings. The SMILES string of the molecule is C=C(C)C(=O)NCCCN=CC(COC1CCCCO1)=NN. The fraction of sp³-hybridized carbons (Fsp3) is 0.667. The number of nitrogens with zero attached hydrogens (tertiary/aromatic N) is 2. The van der Waals surface area contributed by atoms with Gasteiger partial charge in [-0.1, -0.05) is 6.58 Å². The third-order valence-electron chi connectivity index (χ3n) is 3.10. The number of rotatable bonds is 9. The molecule has 0 saturated carbocycles. The Morgan fingerprint density at radius 3 is 3.00 bits per heavy atom. The van der Waals surface area contributed by atoms with Crippen LogP contribution in [-0.2, 0) is 14.3 Å². The van der Waals surface area contributed by atoms with Gasteiger partial charge in [0.25, 0.3) is 0 Å². The average molecular weight is 310 g/mol. The summed E-state index contributed by atoms with van der Waals surface area (Å²) in [5.41, 5.74) is 1.07. The van der Waals surface area contributed by atoms with Crippen LogP contribution in [0.3, 0.4) is 0 Å². The highest BCUT2D eigenvalue weighted by Crippen LogP contribution is 2.13. The summed E-state index contributed by atoms with van der Waals surface area (Å²) in [6, 6.07) is 0. The van der Waals surface area contributed by atoms with E-state index in [1.807, 2.05) is 0 Å². The second-order valence-corrected chi connectivity index (χ2v) is 5.15. The number of nitrogens with two attached hydrogens (primary N) is 1. The fourth-order valence-electron chi connectivity index (χ4n) is 1.82. The summed E-state index contributed by atoms with van der Waals surface area (Å²) < 4.78 is 11.0. The molecule has 1 saturated heterocycles. The minimum absolute atomic E-state index is 0.130. The summed E-state index contributed by atoms with van der Waals surface area (Å²) in [6.45, 7) is 7.41. The van der Waals surface area contributed by atoms with E-state index >= 15 is 0 Å². The Bertz CT molecular complexity index is 415. The van der Waals surface area contributed by atoms with Gasteiger partial charge in [0.2, 0.25) is 5.91 Å². The Morgan fingerprint density at radius 1 is 1.55 bits per heavy atom. The molecule has 1 atom stereocenters. The highest BCUT2D eigenvalue weighted by atomic mass is 16.7. The lowest BCUT2D eigenvalue weighted by Crippen LogP contribution is -2.26. The molecule has 1 heterocycles. The molecule has 1 unspecified atom stereocenters. The van der Waals surface area contributed by atoms with Crippen molar-refractivity contribution >= 4 is 17.8 Å². The van der Waals surface area contributed by atoms with E-state index in [9.17, 15) is 4.79 Å². The quantitative estimate of drug-likeness (QED) is 0.218. The van der Waals surface area contributed by atoms with Gasteiger partial charge in [-0.3, -0.25) is 9.79 Å². The van der Waals surface area contributed by atoms with Gasteiger partial charge in [0, 0.05) is 31.5 Å². The molecule has 0 aromatic heterocycles. The molecule has 1 amide bonds. The first-order chi connectivity index (χ1) is 10.6. The maximum Gasteiger partial charge on any atom is 0.246 e. The predicted molar refractivity (Wildman–Crippen MR) is 87.0 cm³/mol. The fourth-order valence-corrected chi connectivity index (χ4v) is 1.82. The van der Waals surface area contributed by atoms with E-state index in [-0.39, 0.29) is 18.8 Å². The maximum atomic E-state index is 11.3. The van der Waals surface area contributed by atoms with Crippen molar-refractivity contribution in [2.24, 2.45) is 15.9 Å². The monoisotopic (exact) mass is 310 g/mol. The summed E-state index contributed by atoms with van der Waals surface area (Å²) in [6.07, 6.45) is 5.27. The number of nitrogens with one attached hydrogen (secondary N) is 1. The Hall–Kier alpha value is -1.73. The number of hydrogen-bond acceptors (Lipinski definition) is 6. The van der Waals surface area contributed by atoms with Gasteiger partial charge in [0.15, 0.2) is 6.29 Å². The molecular formula is C15H26N4O3. The third kappa shape index (κ3) is 7.90. The molecule has 0 aromatic carbocycles. The number of hydrazone groups is 1.